The van der Waals surface area contributed by atoms with E-state index in [2.05, 4.69) is 18.3 Å². The van der Waals surface area contributed by atoms with Crippen LogP contribution in [-0.4, -0.2) is 5.78 Å². The second-order valence-corrected chi connectivity index (χ2v) is 4.97. The maximum atomic E-state index is 11.4. The van der Waals surface area contributed by atoms with Crippen LogP contribution in [0.5, 0.6) is 0 Å². The quantitative estimate of drug-likeness (QED) is 0.853. The normalized spacial score (nSPS) is 20.1. The van der Waals surface area contributed by atoms with Gasteiger partial charge < -0.3 is 5.32 Å². The molecule has 1 unspecified atom stereocenters. The Balaban J connectivity index is 2.16. The van der Waals surface area contributed by atoms with Crippen LogP contribution in [0.25, 0.3) is 0 Å². The lowest BCUT2D eigenvalue weighted by molar-refractivity contribution is -0.115. The molecule has 0 spiro atoms. The van der Waals surface area contributed by atoms with Crippen molar-refractivity contribution in [3.8, 4) is 6.07 Å². The fourth-order valence-electron chi connectivity index (χ4n) is 1.83. The molecule has 0 aromatic carbocycles. The molecule has 1 aliphatic rings. The van der Waals surface area contributed by atoms with Crippen LogP contribution in [0.3, 0.4) is 0 Å². The second-order valence-electron chi connectivity index (χ2n) is 4.05. The van der Waals surface area contributed by atoms with E-state index in [1.807, 2.05) is 5.38 Å². The highest BCUT2D eigenvalue weighted by atomic mass is 32.1. The van der Waals surface area contributed by atoms with Crippen molar-refractivity contribution in [3.05, 3.63) is 28.8 Å². The van der Waals surface area contributed by atoms with Gasteiger partial charge >= 0.3 is 0 Å². The molecule has 0 saturated carbocycles. The van der Waals surface area contributed by atoms with Crippen LogP contribution in [0.15, 0.2) is 23.2 Å². The Morgan fingerprint density at radius 1 is 1.56 bits per heavy atom. The highest BCUT2D eigenvalue weighted by molar-refractivity contribution is 7.14. The highest BCUT2D eigenvalue weighted by Gasteiger charge is 2.17. The molecule has 1 aromatic heterocycles. The molecular weight excluding hydrogens is 220 g/mol. The summed E-state index contributed by atoms with van der Waals surface area (Å²) in [6, 6.07) is 3.90. The number of anilines is 1. The number of carbonyl (C=O) groups is 1. The van der Waals surface area contributed by atoms with Crippen molar-refractivity contribution in [1.82, 2.24) is 0 Å². The van der Waals surface area contributed by atoms with Crippen LogP contribution >= 0.6 is 11.3 Å². The molecule has 2 rings (SSSR count). The van der Waals surface area contributed by atoms with Gasteiger partial charge in [0.2, 0.25) is 0 Å². The number of rotatable bonds is 2. The average molecular weight is 232 g/mol. The number of thiophene rings is 1. The second kappa shape index (κ2) is 4.50. The molecule has 16 heavy (non-hydrogen) atoms. The zero-order valence-electron chi connectivity index (χ0n) is 8.99. The van der Waals surface area contributed by atoms with Crippen molar-refractivity contribution in [3.63, 3.8) is 0 Å². The molecule has 0 fully saturated rings. The predicted molar refractivity (Wildman–Crippen MR) is 64.1 cm³/mol. The molecule has 3 nitrogen and oxygen atoms in total. The van der Waals surface area contributed by atoms with E-state index in [1.54, 1.807) is 12.1 Å². The zero-order chi connectivity index (χ0) is 11.5. The lowest BCUT2D eigenvalue weighted by Crippen LogP contribution is -2.15. The first kappa shape index (κ1) is 10.9. The molecule has 0 saturated heterocycles. The van der Waals surface area contributed by atoms with E-state index >= 15 is 0 Å². The van der Waals surface area contributed by atoms with Gasteiger partial charge in [0.15, 0.2) is 5.78 Å². The van der Waals surface area contributed by atoms with Gasteiger partial charge in [-0.25, -0.2) is 0 Å². The fourth-order valence-corrected chi connectivity index (χ4v) is 2.60. The van der Waals surface area contributed by atoms with Gasteiger partial charge in [0.25, 0.3) is 0 Å². The smallest absolute Gasteiger partial charge is 0.157 e. The molecule has 1 aromatic rings. The maximum Gasteiger partial charge on any atom is 0.157 e. The van der Waals surface area contributed by atoms with Crippen molar-refractivity contribution >= 4 is 22.1 Å². The number of allylic oxidation sites excluding steroid dienone is 2. The predicted octanol–water partition coefficient (Wildman–Crippen LogP) is 2.91. The van der Waals surface area contributed by atoms with E-state index in [9.17, 15) is 4.79 Å². The van der Waals surface area contributed by atoms with Crippen LogP contribution in [-0.2, 0) is 4.79 Å². The number of nitriles is 1. The number of hydrogen-bond acceptors (Lipinski definition) is 4. The SMILES string of the molecule is CC1CC(=O)C=C(Nc2sccc2C#N)C1. The minimum absolute atomic E-state index is 0.163. The van der Waals surface area contributed by atoms with Gasteiger partial charge in [-0.15, -0.1) is 11.3 Å². The number of ketones is 1. The summed E-state index contributed by atoms with van der Waals surface area (Å²) in [7, 11) is 0. The van der Waals surface area contributed by atoms with E-state index in [-0.39, 0.29) is 5.78 Å². The molecule has 4 heteroatoms. The highest BCUT2D eigenvalue weighted by Crippen LogP contribution is 2.28. The maximum absolute atomic E-state index is 11.4. The first-order chi connectivity index (χ1) is 7.69. The third-order valence-electron chi connectivity index (χ3n) is 2.51. The Kier molecular flexibility index (Phi) is 3.07. The Labute approximate surface area is 98.4 Å². The first-order valence-corrected chi connectivity index (χ1v) is 6.05. The minimum atomic E-state index is 0.163. The Bertz CT molecular complexity index is 481. The van der Waals surface area contributed by atoms with E-state index in [1.165, 1.54) is 11.3 Å². The van der Waals surface area contributed by atoms with Crippen LogP contribution in [0.1, 0.15) is 25.3 Å². The molecule has 1 N–H and O–H groups in total. The lowest BCUT2D eigenvalue weighted by Gasteiger charge is -2.19. The summed E-state index contributed by atoms with van der Waals surface area (Å²) in [5.74, 6) is 0.543. The van der Waals surface area contributed by atoms with Gasteiger partial charge in [-0.1, -0.05) is 6.92 Å². The summed E-state index contributed by atoms with van der Waals surface area (Å²) in [5, 5.41) is 14.7. The number of carbonyl (C=O) groups excluding carboxylic acids is 1. The molecule has 1 aliphatic carbocycles. The molecule has 1 atom stereocenters. The van der Waals surface area contributed by atoms with E-state index < -0.39 is 0 Å². The summed E-state index contributed by atoms with van der Waals surface area (Å²) < 4.78 is 0. The number of nitrogens with one attached hydrogen (secondary N) is 1. The summed E-state index contributed by atoms with van der Waals surface area (Å²) >= 11 is 1.48. The van der Waals surface area contributed by atoms with Gasteiger partial charge in [-0.3, -0.25) is 4.79 Å². The average Bonchev–Trinajstić information content (AvgIpc) is 2.63. The van der Waals surface area contributed by atoms with Crippen LogP contribution < -0.4 is 5.32 Å². The molecule has 0 bridgehead atoms. The standard InChI is InChI=1S/C12H12N2OS/c1-8-4-10(6-11(15)5-8)14-12-9(7-13)2-3-16-12/h2-3,6,8,14H,4-5H2,1H3. The lowest BCUT2D eigenvalue weighted by atomic mass is 9.93. The summed E-state index contributed by atoms with van der Waals surface area (Å²) in [6.45, 7) is 2.06. The molecular formula is C12H12N2OS. The van der Waals surface area contributed by atoms with Crippen molar-refractivity contribution in [2.75, 3.05) is 5.32 Å². The zero-order valence-corrected chi connectivity index (χ0v) is 9.80. The molecule has 0 aliphatic heterocycles. The monoisotopic (exact) mass is 232 g/mol. The van der Waals surface area contributed by atoms with Crippen LogP contribution in [0.2, 0.25) is 0 Å². The number of hydrogen-bond donors (Lipinski definition) is 1. The first-order valence-electron chi connectivity index (χ1n) is 5.17. The van der Waals surface area contributed by atoms with E-state index in [0.29, 0.717) is 17.9 Å². The molecule has 1 heterocycles. The summed E-state index contributed by atoms with van der Waals surface area (Å²) in [4.78, 5) is 11.4. The van der Waals surface area contributed by atoms with Crippen LogP contribution in [0.4, 0.5) is 5.00 Å². The Morgan fingerprint density at radius 3 is 3.06 bits per heavy atom. The molecule has 0 amide bonds. The van der Waals surface area contributed by atoms with Crippen molar-refractivity contribution in [1.29, 1.82) is 5.26 Å². The fraction of sp³-hybridized carbons (Fsp3) is 0.333. The third-order valence-corrected chi connectivity index (χ3v) is 3.34. The molecule has 82 valence electrons. The number of nitrogens with zero attached hydrogens (tertiary/aromatic N) is 1. The Hall–Kier alpha value is -1.60. The van der Waals surface area contributed by atoms with Gasteiger partial charge in [-0.05, 0) is 23.8 Å². The largest absolute Gasteiger partial charge is 0.349 e. The topological polar surface area (TPSA) is 52.9 Å². The molecule has 0 radical (unpaired) electrons. The third kappa shape index (κ3) is 2.31. The van der Waals surface area contributed by atoms with Crippen LogP contribution in [0, 0.1) is 17.2 Å². The van der Waals surface area contributed by atoms with Crippen molar-refractivity contribution < 1.29 is 4.79 Å². The van der Waals surface area contributed by atoms with Gasteiger partial charge in [0, 0.05) is 18.2 Å². The minimum Gasteiger partial charge on any atom is -0.349 e. The Morgan fingerprint density at radius 2 is 2.38 bits per heavy atom. The van der Waals surface area contributed by atoms with Gasteiger partial charge in [0.05, 0.1) is 5.56 Å². The summed E-state index contributed by atoms with van der Waals surface area (Å²) in [5.41, 5.74) is 1.55. The van der Waals surface area contributed by atoms with Gasteiger partial charge in [-0.2, -0.15) is 5.26 Å². The van der Waals surface area contributed by atoms with Crippen molar-refractivity contribution in [2.45, 2.75) is 19.8 Å². The summed E-state index contributed by atoms with van der Waals surface area (Å²) in [6.07, 6.45) is 3.15. The van der Waals surface area contributed by atoms with E-state index in [0.717, 1.165) is 17.1 Å². The van der Waals surface area contributed by atoms with Crippen molar-refractivity contribution in [2.24, 2.45) is 5.92 Å². The van der Waals surface area contributed by atoms with E-state index in [4.69, 9.17) is 5.26 Å². The van der Waals surface area contributed by atoms with Gasteiger partial charge in [0.1, 0.15) is 11.1 Å².